The van der Waals surface area contributed by atoms with Crippen LogP contribution in [0, 0.1) is 11.8 Å². The molecular weight excluding hydrogens is 412 g/mol. The number of methoxy groups -OCH3 is 1. The number of piperidine rings is 1. The average molecular weight is 447 g/mol. The summed E-state index contributed by atoms with van der Waals surface area (Å²) >= 11 is 0. The van der Waals surface area contributed by atoms with E-state index in [9.17, 15) is 9.90 Å². The van der Waals surface area contributed by atoms with Gasteiger partial charge in [0.25, 0.3) is 0 Å². The fourth-order valence-corrected chi connectivity index (χ4v) is 7.06. The van der Waals surface area contributed by atoms with Crippen LogP contribution in [-0.2, 0) is 23.2 Å². The number of nitrogens with one attached hydrogen (secondary N) is 1. The number of nitrogens with zero attached hydrogens (tertiary/aromatic N) is 1. The first-order valence-corrected chi connectivity index (χ1v) is 12.5. The molecule has 0 radical (unpaired) electrons. The molecule has 0 aromatic heterocycles. The summed E-state index contributed by atoms with van der Waals surface area (Å²) in [4.78, 5) is 15.9. The Morgan fingerprint density at radius 3 is 2.76 bits per heavy atom. The van der Waals surface area contributed by atoms with Crippen LogP contribution in [0.25, 0.3) is 0 Å². The Morgan fingerprint density at radius 1 is 1.18 bits per heavy atom. The van der Waals surface area contributed by atoms with E-state index in [1.807, 2.05) is 36.4 Å². The number of amides is 1. The van der Waals surface area contributed by atoms with E-state index in [4.69, 9.17) is 4.74 Å². The highest BCUT2D eigenvalue weighted by Gasteiger charge is 2.68. The molecule has 174 valence electrons. The lowest BCUT2D eigenvalue weighted by atomic mass is 9.56. The minimum atomic E-state index is -0.881. The summed E-state index contributed by atoms with van der Waals surface area (Å²) in [6, 6.07) is 16.5. The van der Waals surface area contributed by atoms with Crippen molar-refractivity contribution < 1.29 is 14.6 Å². The number of fused-ring (bicyclic) bond motifs is 1. The molecule has 6 rings (SSSR count). The second kappa shape index (κ2) is 7.85. The minimum Gasteiger partial charge on any atom is -0.497 e. The van der Waals surface area contributed by atoms with Gasteiger partial charge in [0.1, 0.15) is 5.75 Å². The monoisotopic (exact) mass is 446 g/mol. The maximum atomic E-state index is 13.3. The zero-order chi connectivity index (χ0) is 22.6. The lowest BCUT2D eigenvalue weighted by molar-refractivity contribution is -0.134. The van der Waals surface area contributed by atoms with Crippen molar-refractivity contribution >= 4 is 5.91 Å². The molecule has 5 nitrogen and oxygen atoms in total. The third-order valence-corrected chi connectivity index (χ3v) is 8.91. The van der Waals surface area contributed by atoms with E-state index in [-0.39, 0.29) is 23.3 Å². The van der Waals surface area contributed by atoms with Gasteiger partial charge in [-0.15, -0.1) is 0 Å². The third kappa shape index (κ3) is 3.39. The normalized spacial score (nSPS) is 32.7. The van der Waals surface area contributed by atoms with Gasteiger partial charge in [0.15, 0.2) is 0 Å². The summed E-state index contributed by atoms with van der Waals surface area (Å²) in [6.45, 7) is 2.61. The van der Waals surface area contributed by atoms with E-state index in [0.29, 0.717) is 19.4 Å². The number of ether oxygens (including phenoxy) is 1. The highest BCUT2D eigenvalue weighted by Crippen LogP contribution is 2.62. The number of likely N-dealkylation sites (tertiary alicyclic amines) is 1. The predicted octanol–water partition coefficient (Wildman–Crippen LogP) is 3.43. The van der Waals surface area contributed by atoms with Crippen molar-refractivity contribution in [2.75, 3.05) is 20.2 Å². The van der Waals surface area contributed by atoms with Crippen LogP contribution in [0.5, 0.6) is 5.75 Å². The quantitative estimate of drug-likeness (QED) is 0.714. The molecule has 1 aliphatic heterocycles. The number of rotatable bonds is 6. The van der Waals surface area contributed by atoms with E-state index in [1.165, 1.54) is 24.0 Å². The SMILES string of the molecule is COc1ccc2c(c1)C13CCN(CC4CC4)[C@H](C2)[C@]1(O)CC(C(=O)NCc1ccccc1)C3. The van der Waals surface area contributed by atoms with Gasteiger partial charge in [-0.3, -0.25) is 9.69 Å². The molecule has 4 aliphatic rings. The molecule has 2 aromatic carbocycles. The molecule has 3 aliphatic carbocycles. The van der Waals surface area contributed by atoms with Gasteiger partial charge in [0.05, 0.1) is 12.7 Å². The van der Waals surface area contributed by atoms with E-state index in [2.05, 4.69) is 22.3 Å². The molecule has 1 saturated heterocycles. The number of hydrogen-bond donors (Lipinski definition) is 2. The van der Waals surface area contributed by atoms with Gasteiger partial charge in [0, 0.05) is 30.5 Å². The molecule has 33 heavy (non-hydrogen) atoms. The molecule has 2 saturated carbocycles. The minimum absolute atomic E-state index is 0.0693. The Morgan fingerprint density at radius 2 is 2.00 bits per heavy atom. The summed E-state index contributed by atoms with van der Waals surface area (Å²) in [6.07, 6.45) is 5.61. The van der Waals surface area contributed by atoms with Crippen LogP contribution in [0.4, 0.5) is 0 Å². The molecule has 2 aromatic rings. The van der Waals surface area contributed by atoms with Gasteiger partial charge in [-0.1, -0.05) is 36.4 Å². The molecule has 2 N–H and O–H groups in total. The molecule has 2 unspecified atom stereocenters. The summed E-state index contributed by atoms with van der Waals surface area (Å²) < 4.78 is 5.57. The number of carbonyl (C=O) groups is 1. The standard InChI is InChI=1S/C28H34N2O3/c1-33-23-10-9-21-13-25-28(32)16-22(26(31)29-17-19-5-3-2-4-6-19)15-27(28,24(21)14-23)11-12-30(25)18-20-7-8-20/h2-6,9-10,14,20,22,25,32H,7-8,11-13,15-18H2,1H3,(H,29,31)/t22?,25-,27?,28-/m1/s1. The van der Waals surface area contributed by atoms with Crippen molar-refractivity contribution in [1.82, 2.24) is 10.2 Å². The highest BCUT2D eigenvalue weighted by atomic mass is 16.5. The Labute approximate surface area is 196 Å². The number of hydrogen-bond acceptors (Lipinski definition) is 4. The molecule has 3 fully saturated rings. The molecule has 0 spiro atoms. The second-order valence-corrected chi connectivity index (χ2v) is 10.7. The average Bonchev–Trinajstić information content (AvgIpc) is 3.58. The van der Waals surface area contributed by atoms with Crippen LogP contribution in [0.1, 0.15) is 48.8 Å². The highest BCUT2D eigenvalue weighted by molar-refractivity contribution is 5.80. The van der Waals surface area contributed by atoms with Gasteiger partial charge in [-0.25, -0.2) is 0 Å². The Bertz CT molecular complexity index is 1050. The van der Waals surface area contributed by atoms with E-state index < -0.39 is 5.60 Å². The van der Waals surface area contributed by atoms with Gasteiger partial charge < -0.3 is 15.2 Å². The first kappa shape index (κ1) is 21.2. The first-order valence-electron chi connectivity index (χ1n) is 12.5. The Kier molecular flexibility index (Phi) is 5.04. The number of benzene rings is 2. The van der Waals surface area contributed by atoms with Crippen molar-refractivity contribution in [3.05, 3.63) is 65.2 Å². The largest absolute Gasteiger partial charge is 0.497 e. The van der Waals surface area contributed by atoms with Crippen LogP contribution in [0.15, 0.2) is 48.5 Å². The van der Waals surface area contributed by atoms with Crippen molar-refractivity contribution in [3.8, 4) is 5.75 Å². The van der Waals surface area contributed by atoms with Crippen LogP contribution in [-0.4, -0.2) is 47.8 Å². The van der Waals surface area contributed by atoms with Crippen molar-refractivity contribution in [2.45, 2.75) is 62.1 Å². The Balaban J connectivity index is 1.32. The van der Waals surface area contributed by atoms with Crippen LogP contribution >= 0.6 is 0 Å². The summed E-state index contributed by atoms with van der Waals surface area (Å²) in [5.41, 5.74) is 2.37. The maximum absolute atomic E-state index is 13.3. The van der Waals surface area contributed by atoms with Crippen LogP contribution in [0.3, 0.4) is 0 Å². The number of carbonyl (C=O) groups excluding carboxylic acids is 1. The summed E-state index contributed by atoms with van der Waals surface area (Å²) in [5, 5.41) is 15.6. The van der Waals surface area contributed by atoms with Gasteiger partial charge >= 0.3 is 0 Å². The second-order valence-electron chi connectivity index (χ2n) is 10.7. The third-order valence-electron chi connectivity index (χ3n) is 8.91. The van der Waals surface area contributed by atoms with E-state index in [1.54, 1.807) is 7.11 Å². The fraction of sp³-hybridized carbons (Fsp3) is 0.536. The lowest BCUT2D eigenvalue weighted by Gasteiger charge is -2.59. The van der Waals surface area contributed by atoms with Crippen molar-refractivity contribution in [2.24, 2.45) is 11.8 Å². The van der Waals surface area contributed by atoms with Crippen LogP contribution < -0.4 is 10.1 Å². The molecule has 2 bridgehead atoms. The smallest absolute Gasteiger partial charge is 0.223 e. The molecule has 4 atom stereocenters. The van der Waals surface area contributed by atoms with Crippen molar-refractivity contribution in [3.63, 3.8) is 0 Å². The van der Waals surface area contributed by atoms with Gasteiger partial charge in [-0.05, 0) is 79.8 Å². The van der Waals surface area contributed by atoms with Gasteiger partial charge in [-0.2, -0.15) is 0 Å². The Hall–Kier alpha value is -2.37. The van der Waals surface area contributed by atoms with E-state index >= 15 is 0 Å². The molecule has 5 heteroatoms. The molecule has 1 heterocycles. The van der Waals surface area contributed by atoms with Crippen LogP contribution in [0.2, 0.25) is 0 Å². The summed E-state index contributed by atoms with van der Waals surface area (Å²) in [5.74, 6) is 1.50. The molecule has 1 amide bonds. The zero-order valence-corrected chi connectivity index (χ0v) is 19.4. The topological polar surface area (TPSA) is 61.8 Å². The summed E-state index contributed by atoms with van der Waals surface area (Å²) in [7, 11) is 1.70. The number of aliphatic hydroxyl groups is 1. The van der Waals surface area contributed by atoms with Crippen molar-refractivity contribution in [1.29, 1.82) is 0 Å². The zero-order valence-electron chi connectivity index (χ0n) is 19.4. The van der Waals surface area contributed by atoms with E-state index in [0.717, 1.165) is 43.2 Å². The first-order chi connectivity index (χ1) is 16.0. The fourth-order valence-electron chi connectivity index (χ4n) is 7.06. The maximum Gasteiger partial charge on any atom is 0.223 e. The predicted molar refractivity (Wildman–Crippen MR) is 127 cm³/mol. The van der Waals surface area contributed by atoms with Gasteiger partial charge in [0.2, 0.25) is 5.91 Å². The lowest BCUT2D eigenvalue weighted by Crippen LogP contribution is -2.69. The molecular formula is C28H34N2O3.